The van der Waals surface area contributed by atoms with Crippen LogP contribution >= 0.6 is 0 Å². The van der Waals surface area contributed by atoms with Gasteiger partial charge in [-0.1, -0.05) is 42.0 Å². The number of aryl methyl sites for hydroxylation is 1. The van der Waals surface area contributed by atoms with Crippen LogP contribution in [0.15, 0.2) is 73.4 Å². The van der Waals surface area contributed by atoms with E-state index in [0.29, 0.717) is 17.4 Å². The Bertz CT molecular complexity index is 1100. The monoisotopic (exact) mass is 412 g/mol. The van der Waals surface area contributed by atoms with Crippen molar-refractivity contribution in [3.05, 3.63) is 90.1 Å². The normalized spacial score (nSPS) is 25.8. The molecule has 4 nitrogen and oxygen atoms in total. The van der Waals surface area contributed by atoms with Gasteiger partial charge in [-0.3, -0.25) is 9.88 Å². The van der Waals surface area contributed by atoms with Gasteiger partial charge in [-0.15, -0.1) is 6.58 Å². The van der Waals surface area contributed by atoms with Crippen molar-refractivity contribution in [1.82, 2.24) is 9.88 Å². The van der Waals surface area contributed by atoms with Crippen molar-refractivity contribution in [1.29, 1.82) is 0 Å². The first-order chi connectivity index (χ1) is 15.1. The Labute approximate surface area is 183 Å². The average Bonchev–Trinajstić information content (AvgIpc) is 2.82. The molecular weight excluding hydrogens is 384 g/mol. The van der Waals surface area contributed by atoms with Crippen LogP contribution in [0.25, 0.3) is 10.9 Å². The predicted molar refractivity (Wildman–Crippen MR) is 123 cm³/mol. The van der Waals surface area contributed by atoms with Crippen molar-refractivity contribution in [3.63, 3.8) is 0 Å². The lowest BCUT2D eigenvalue weighted by Crippen LogP contribution is -2.55. The molecule has 3 fully saturated rings. The minimum Gasteiger partial charge on any atom is -0.452 e. The van der Waals surface area contributed by atoms with Crippen LogP contribution in [0.1, 0.15) is 40.4 Å². The summed E-state index contributed by atoms with van der Waals surface area (Å²) in [5.41, 5.74) is 3.68. The topological polar surface area (TPSA) is 42.4 Å². The van der Waals surface area contributed by atoms with Crippen LogP contribution in [-0.2, 0) is 4.74 Å². The Morgan fingerprint density at radius 1 is 1.19 bits per heavy atom. The van der Waals surface area contributed by atoms with E-state index in [1.54, 1.807) is 0 Å². The Balaban J connectivity index is 1.53. The molecule has 5 atom stereocenters. The van der Waals surface area contributed by atoms with E-state index in [2.05, 4.69) is 28.6 Å². The maximum atomic E-state index is 13.2. The maximum Gasteiger partial charge on any atom is 0.338 e. The smallest absolute Gasteiger partial charge is 0.338 e. The SMILES string of the molecule is C=C[C@H]1CN2CC[C@H]1C[C@@H]2C(OC(=O)c1ccc(C)cc1)c1ccnc2ccccc12. The summed E-state index contributed by atoms with van der Waals surface area (Å²) < 4.78 is 6.30. The van der Waals surface area contributed by atoms with Crippen LogP contribution < -0.4 is 0 Å². The zero-order chi connectivity index (χ0) is 21.4. The Kier molecular flexibility index (Phi) is 5.33. The fourth-order valence-electron chi connectivity index (χ4n) is 5.28. The highest BCUT2D eigenvalue weighted by molar-refractivity contribution is 5.90. The Hall–Kier alpha value is -2.98. The molecule has 6 rings (SSSR count). The van der Waals surface area contributed by atoms with Crippen molar-refractivity contribution in [3.8, 4) is 0 Å². The van der Waals surface area contributed by atoms with Crippen LogP contribution in [0.2, 0.25) is 0 Å². The Morgan fingerprint density at radius 2 is 2.00 bits per heavy atom. The second-order valence-corrected chi connectivity index (χ2v) is 8.86. The second kappa shape index (κ2) is 8.27. The molecule has 4 heteroatoms. The minimum absolute atomic E-state index is 0.162. The standard InChI is InChI=1S/C27H28N2O2/c1-3-19-17-29-15-13-21(19)16-25(29)26(31-27(30)20-10-8-18(2)9-11-20)23-12-14-28-24-7-5-4-6-22(23)24/h3-12,14,19,21,25-26H,1,13,15-17H2,2H3/t19-,21-,25+,26?/m0/s1. The number of rotatable bonds is 5. The number of ether oxygens (including phenoxy) is 1. The van der Waals surface area contributed by atoms with Crippen LogP contribution in [0.5, 0.6) is 0 Å². The number of hydrogen-bond donors (Lipinski definition) is 0. The van der Waals surface area contributed by atoms with Gasteiger partial charge in [0, 0.05) is 23.7 Å². The number of benzene rings is 2. The summed E-state index contributed by atoms with van der Waals surface area (Å²) in [5, 5.41) is 1.05. The third-order valence-electron chi connectivity index (χ3n) is 7.01. The van der Waals surface area contributed by atoms with E-state index < -0.39 is 0 Å². The summed E-state index contributed by atoms with van der Waals surface area (Å²) in [6.45, 7) is 8.09. The first-order valence-electron chi connectivity index (χ1n) is 11.1. The van der Waals surface area contributed by atoms with Gasteiger partial charge in [0.1, 0.15) is 6.10 Å². The molecule has 2 aromatic carbocycles. The fraction of sp³-hybridized carbons (Fsp3) is 0.333. The van der Waals surface area contributed by atoms with Crippen molar-refractivity contribution < 1.29 is 9.53 Å². The molecule has 0 radical (unpaired) electrons. The number of esters is 1. The first-order valence-corrected chi connectivity index (χ1v) is 11.1. The maximum absolute atomic E-state index is 13.2. The van der Waals surface area contributed by atoms with E-state index in [-0.39, 0.29) is 18.1 Å². The van der Waals surface area contributed by atoms with Gasteiger partial charge in [-0.05, 0) is 62.4 Å². The molecule has 0 spiro atoms. The lowest BCUT2D eigenvalue weighted by Gasteiger charge is -2.51. The molecule has 3 aliphatic rings. The van der Waals surface area contributed by atoms with Gasteiger partial charge in [-0.25, -0.2) is 4.79 Å². The third-order valence-corrected chi connectivity index (χ3v) is 7.01. The number of carbonyl (C=O) groups excluding carboxylic acids is 1. The summed E-state index contributed by atoms with van der Waals surface area (Å²) in [6.07, 6.45) is 5.78. The summed E-state index contributed by atoms with van der Waals surface area (Å²) in [4.78, 5) is 20.2. The molecule has 0 amide bonds. The van der Waals surface area contributed by atoms with Gasteiger partial charge >= 0.3 is 5.97 Å². The molecule has 0 N–H and O–H groups in total. The number of aromatic nitrogens is 1. The van der Waals surface area contributed by atoms with Gasteiger partial charge in [0.05, 0.1) is 17.1 Å². The highest BCUT2D eigenvalue weighted by atomic mass is 16.5. The summed E-state index contributed by atoms with van der Waals surface area (Å²) in [7, 11) is 0. The minimum atomic E-state index is -0.338. The second-order valence-electron chi connectivity index (χ2n) is 8.86. The number of para-hydroxylation sites is 1. The molecule has 3 aliphatic heterocycles. The summed E-state index contributed by atoms with van der Waals surface area (Å²) in [6, 6.07) is 17.9. The number of hydrogen-bond acceptors (Lipinski definition) is 4. The number of nitrogens with zero attached hydrogens (tertiary/aromatic N) is 2. The van der Waals surface area contributed by atoms with E-state index in [1.165, 1.54) is 6.42 Å². The molecule has 4 heterocycles. The summed E-state index contributed by atoms with van der Waals surface area (Å²) >= 11 is 0. The molecule has 0 aliphatic carbocycles. The van der Waals surface area contributed by atoms with E-state index in [1.807, 2.05) is 61.7 Å². The molecular formula is C27H28N2O2. The number of piperidine rings is 3. The molecule has 158 valence electrons. The van der Waals surface area contributed by atoms with Gasteiger partial charge in [-0.2, -0.15) is 0 Å². The first kappa shape index (κ1) is 20.0. The molecule has 1 aromatic heterocycles. The van der Waals surface area contributed by atoms with E-state index in [9.17, 15) is 4.79 Å². The van der Waals surface area contributed by atoms with Gasteiger partial charge < -0.3 is 4.74 Å². The largest absolute Gasteiger partial charge is 0.452 e. The zero-order valence-electron chi connectivity index (χ0n) is 17.9. The van der Waals surface area contributed by atoms with Crippen LogP contribution in [-0.4, -0.2) is 35.0 Å². The molecule has 0 saturated carbocycles. The number of fused-ring (bicyclic) bond motifs is 4. The molecule has 31 heavy (non-hydrogen) atoms. The van der Waals surface area contributed by atoms with Crippen molar-refractivity contribution in [2.24, 2.45) is 11.8 Å². The predicted octanol–water partition coefficient (Wildman–Crippen LogP) is 5.34. The van der Waals surface area contributed by atoms with E-state index in [4.69, 9.17) is 4.74 Å². The zero-order valence-corrected chi connectivity index (χ0v) is 17.9. The van der Waals surface area contributed by atoms with E-state index in [0.717, 1.165) is 41.5 Å². The number of carbonyl (C=O) groups is 1. The Morgan fingerprint density at radius 3 is 2.74 bits per heavy atom. The molecule has 3 aromatic rings. The average molecular weight is 413 g/mol. The van der Waals surface area contributed by atoms with Crippen molar-refractivity contribution in [2.75, 3.05) is 13.1 Å². The van der Waals surface area contributed by atoms with Crippen molar-refractivity contribution in [2.45, 2.75) is 31.9 Å². The third kappa shape index (κ3) is 3.77. The highest BCUT2D eigenvalue weighted by Gasteiger charge is 2.44. The number of pyridine rings is 1. The molecule has 2 unspecified atom stereocenters. The fourth-order valence-corrected chi connectivity index (χ4v) is 5.28. The van der Waals surface area contributed by atoms with Gasteiger partial charge in [0.25, 0.3) is 0 Å². The summed E-state index contributed by atoms with van der Waals surface area (Å²) in [5.74, 6) is 0.850. The highest BCUT2D eigenvalue weighted by Crippen LogP contribution is 2.43. The van der Waals surface area contributed by atoms with Crippen LogP contribution in [0, 0.1) is 18.8 Å². The van der Waals surface area contributed by atoms with Gasteiger partial charge in [0.15, 0.2) is 0 Å². The molecule has 3 saturated heterocycles. The quantitative estimate of drug-likeness (QED) is 0.419. The molecule has 2 bridgehead atoms. The lowest BCUT2D eigenvalue weighted by molar-refractivity contribution is -0.0568. The lowest BCUT2D eigenvalue weighted by atomic mass is 9.73. The van der Waals surface area contributed by atoms with Crippen LogP contribution in [0.3, 0.4) is 0 Å². The van der Waals surface area contributed by atoms with E-state index >= 15 is 0 Å². The van der Waals surface area contributed by atoms with Crippen LogP contribution in [0.4, 0.5) is 0 Å². The van der Waals surface area contributed by atoms with Gasteiger partial charge in [0.2, 0.25) is 0 Å². The van der Waals surface area contributed by atoms with Crippen molar-refractivity contribution >= 4 is 16.9 Å².